The first-order chi connectivity index (χ1) is 10.1. The molecular weight excluding hydrogens is 274 g/mol. The summed E-state index contributed by atoms with van der Waals surface area (Å²) in [5.74, 6) is -0.362. The molecule has 0 aliphatic heterocycles. The predicted octanol–water partition coefficient (Wildman–Crippen LogP) is 1.86. The number of amides is 2. The largest absolute Gasteiger partial charge is 0.481 e. The number of ether oxygens (including phenoxy) is 1. The van der Waals surface area contributed by atoms with Gasteiger partial charge in [-0.1, -0.05) is 6.42 Å². The van der Waals surface area contributed by atoms with Gasteiger partial charge >= 0.3 is 12.0 Å². The first-order valence-corrected chi connectivity index (χ1v) is 6.93. The van der Waals surface area contributed by atoms with E-state index in [9.17, 15) is 14.7 Å². The molecule has 7 heteroatoms. The molecule has 7 nitrogen and oxygen atoms in total. The van der Waals surface area contributed by atoms with Gasteiger partial charge in [-0.3, -0.25) is 4.79 Å². The second-order valence-corrected chi connectivity index (χ2v) is 5.06. The van der Waals surface area contributed by atoms with Crippen molar-refractivity contribution in [2.75, 3.05) is 18.5 Å². The molecule has 2 rings (SSSR count). The lowest BCUT2D eigenvalue weighted by Crippen LogP contribution is -2.48. The smallest absolute Gasteiger partial charge is 0.319 e. The van der Waals surface area contributed by atoms with Gasteiger partial charge in [-0.2, -0.15) is 0 Å². The SMILES string of the molecule is CCOc1ccc(NC(=O)NCC2(C(=O)O)CCC2)cn1. The van der Waals surface area contributed by atoms with E-state index < -0.39 is 17.4 Å². The molecule has 0 bridgehead atoms. The van der Waals surface area contributed by atoms with E-state index in [2.05, 4.69) is 15.6 Å². The summed E-state index contributed by atoms with van der Waals surface area (Å²) >= 11 is 0. The van der Waals surface area contributed by atoms with Gasteiger partial charge in [0.25, 0.3) is 0 Å². The minimum atomic E-state index is -0.850. The number of hydrogen-bond acceptors (Lipinski definition) is 4. The Labute approximate surface area is 122 Å². The van der Waals surface area contributed by atoms with Gasteiger partial charge in [0.2, 0.25) is 5.88 Å². The Hall–Kier alpha value is -2.31. The van der Waals surface area contributed by atoms with Gasteiger partial charge in [-0.25, -0.2) is 9.78 Å². The average molecular weight is 293 g/mol. The van der Waals surface area contributed by atoms with Crippen LogP contribution in [0.2, 0.25) is 0 Å². The van der Waals surface area contributed by atoms with Crippen LogP contribution in [0.1, 0.15) is 26.2 Å². The van der Waals surface area contributed by atoms with Crippen molar-refractivity contribution in [2.24, 2.45) is 5.41 Å². The van der Waals surface area contributed by atoms with Crippen LogP contribution in [0.15, 0.2) is 18.3 Å². The van der Waals surface area contributed by atoms with E-state index in [1.165, 1.54) is 6.20 Å². The lowest BCUT2D eigenvalue weighted by molar-refractivity contribution is -0.153. The number of anilines is 1. The molecule has 114 valence electrons. The van der Waals surface area contributed by atoms with E-state index in [4.69, 9.17) is 4.74 Å². The van der Waals surface area contributed by atoms with E-state index in [-0.39, 0.29) is 6.54 Å². The van der Waals surface area contributed by atoms with Crippen LogP contribution in [0.3, 0.4) is 0 Å². The molecule has 0 saturated heterocycles. The molecule has 1 saturated carbocycles. The number of rotatable bonds is 6. The molecule has 1 aromatic rings. The average Bonchev–Trinajstić information content (AvgIpc) is 2.39. The van der Waals surface area contributed by atoms with Crippen molar-refractivity contribution in [3.8, 4) is 5.88 Å². The molecular formula is C14H19N3O4. The topological polar surface area (TPSA) is 101 Å². The second kappa shape index (κ2) is 6.43. The second-order valence-electron chi connectivity index (χ2n) is 5.06. The van der Waals surface area contributed by atoms with Gasteiger partial charge in [0.1, 0.15) is 0 Å². The minimum Gasteiger partial charge on any atom is -0.481 e. The molecule has 3 N–H and O–H groups in total. The van der Waals surface area contributed by atoms with E-state index in [0.717, 1.165) is 6.42 Å². The van der Waals surface area contributed by atoms with Gasteiger partial charge in [0.15, 0.2) is 0 Å². The third-order valence-electron chi connectivity index (χ3n) is 3.64. The van der Waals surface area contributed by atoms with Crippen LogP contribution in [0, 0.1) is 5.41 Å². The predicted molar refractivity (Wildman–Crippen MR) is 76.3 cm³/mol. The van der Waals surface area contributed by atoms with Gasteiger partial charge < -0.3 is 20.5 Å². The number of nitrogens with zero attached hydrogens (tertiary/aromatic N) is 1. The Balaban J connectivity index is 1.83. The third-order valence-corrected chi connectivity index (χ3v) is 3.64. The first-order valence-electron chi connectivity index (χ1n) is 6.93. The van der Waals surface area contributed by atoms with Crippen molar-refractivity contribution in [1.82, 2.24) is 10.3 Å². The summed E-state index contributed by atoms with van der Waals surface area (Å²) in [7, 11) is 0. The molecule has 1 heterocycles. The van der Waals surface area contributed by atoms with Crippen LogP contribution in [0.5, 0.6) is 5.88 Å². The molecule has 1 aliphatic rings. The summed E-state index contributed by atoms with van der Waals surface area (Å²) in [6.45, 7) is 2.52. The lowest BCUT2D eigenvalue weighted by Gasteiger charge is -2.37. The highest BCUT2D eigenvalue weighted by atomic mass is 16.5. The van der Waals surface area contributed by atoms with Crippen LogP contribution in [-0.4, -0.2) is 35.2 Å². The van der Waals surface area contributed by atoms with Crippen molar-refractivity contribution in [3.05, 3.63) is 18.3 Å². The Morgan fingerprint density at radius 1 is 1.43 bits per heavy atom. The maximum absolute atomic E-state index is 11.8. The van der Waals surface area contributed by atoms with Crippen molar-refractivity contribution in [2.45, 2.75) is 26.2 Å². The van der Waals surface area contributed by atoms with E-state index >= 15 is 0 Å². The standard InChI is InChI=1S/C14H19N3O4/c1-2-21-11-5-4-10(8-15-11)17-13(20)16-9-14(12(18)19)6-3-7-14/h4-5,8H,2-3,6-7,9H2,1H3,(H,18,19)(H2,16,17,20). The zero-order chi connectivity index (χ0) is 15.3. The summed E-state index contributed by atoms with van der Waals surface area (Å²) in [5, 5.41) is 14.4. The number of urea groups is 1. The molecule has 2 amide bonds. The number of carboxylic acid groups (broad SMARTS) is 1. The summed E-state index contributed by atoms with van der Waals surface area (Å²) in [6.07, 6.45) is 3.58. The van der Waals surface area contributed by atoms with Crippen LogP contribution in [0.4, 0.5) is 10.5 Å². The highest BCUT2D eigenvalue weighted by Gasteiger charge is 2.44. The Kier molecular flexibility index (Phi) is 4.62. The molecule has 1 aromatic heterocycles. The maximum Gasteiger partial charge on any atom is 0.319 e. The molecule has 0 spiro atoms. The van der Waals surface area contributed by atoms with Crippen LogP contribution < -0.4 is 15.4 Å². The number of carbonyl (C=O) groups excluding carboxylic acids is 1. The Bertz CT molecular complexity index is 511. The molecule has 0 radical (unpaired) electrons. The monoisotopic (exact) mass is 293 g/mol. The number of aromatic nitrogens is 1. The van der Waals surface area contributed by atoms with E-state index in [1.807, 2.05) is 6.92 Å². The summed E-state index contributed by atoms with van der Waals surface area (Å²) in [5.41, 5.74) is -0.275. The summed E-state index contributed by atoms with van der Waals surface area (Å²) in [6, 6.07) is 2.89. The van der Waals surface area contributed by atoms with Gasteiger partial charge in [0, 0.05) is 12.6 Å². The highest BCUT2D eigenvalue weighted by Crippen LogP contribution is 2.40. The Morgan fingerprint density at radius 3 is 2.67 bits per heavy atom. The normalized spacial score (nSPS) is 15.7. The fourth-order valence-electron chi connectivity index (χ4n) is 2.18. The molecule has 0 atom stereocenters. The van der Waals surface area contributed by atoms with Crippen molar-refractivity contribution in [1.29, 1.82) is 0 Å². The van der Waals surface area contributed by atoms with Crippen molar-refractivity contribution < 1.29 is 19.4 Å². The van der Waals surface area contributed by atoms with E-state index in [1.54, 1.807) is 12.1 Å². The zero-order valence-corrected chi connectivity index (χ0v) is 11.9. The summed E-state index contributed by atoms with van der Waals surface area (Å²) in [4.78, 5) is 27.0. The summed E-state index contributed by atoms with van der Waals surface area (Å²) < 4.78 is 5.20. The number of carbonyl (C=O) groups is 2. The Morgan fingerprint density at radius 2 is 2.19 bits per heavy atom. The number of pyridine rings is 1. The molecule has 0 aromatic carbocycles. The molecule has 1 aliphatic carbocycles. The lowest BCUT2D eigenvalue weighted by atomic mass is 9.69. The zero-order valence-electron chi connectivity index (χ0n) is 11.9. The molecule has 0 unspecified atom stereocenters. The van der Waals surface area contributed by atoms with Crippen LogP contribution in [0.25, 0.3) is 0 Å². The maximum atomic E-state index is 11.8. The minimum absolute atomic E-state index is 0.138. The number of hydrogen-bond donors (Lipinski definition) is 3. The number of carboxylic acids is 1. The van der Waals surface area contributed by atoms with Crippen LogP contribution in [-0.2, 0) is 4.79 Å². The fraction of sp³-hybridized carbons (Fsp3) is 0.500. The van der Waals surface area contributed by atoms with Gasteiger partial charge in [-0.15, -0.1) is 0 Å². The van der Waals surface area contributed by atoms with E-state index in [0.29, 0.717) is 31.0 Å². The van der Waals surface area contributed by atoms with Crippen LogP contribution >= 0.6 is 0 Å². The highest BCUT2D eigenvalue weighted by molar-refractivity contribution is 5.89. The van der Waals surface area contributed by atoms with Gasteiger partial charge in [-0.05, 0) is 25.8 Å². The molecule has 21 heavy (non-hydrogen) atoms. The van der Waals surface area contributed by atoms with Gasteiger partial charge in [0.05, 0.1) is 23.9 Å². The number of aliphatic carboxylic acids is 1. The number of nitrogens with one attached hydrogen (secondary N) is 2. The fourth-order valence-corrected chi connectivity index (χ4v) is 2.18. The van der Waals surface area contributed by atoms with Crippen molar-refractivity contribution >= 4 is 17.7 Å². The van der Waals surface area contributed by atoms with Crippen molar-refractivity contribution in [3.63, 3.8) is 0 Å². The third kappa shape index (κ3) is 3.62. The first kappa shape index (κ1) is 15.1. The molecule has 1 fully saturated rings. The quantitative estimate of drug-likeness (QED) is 0.743.